The van der Waals surface area contributed by atoms with E-state index in [-0.39, 0.29) is 0 Å². The summed E-state index contributed by atoms with van der Waals surface area (Å²) < 4.78 is 1.87. The van der Waals surface area contributed by atoms with Gasteiger partial charge in [0.15, 0.2) is 0 Å². The molecule has 1 heterocycles. The van der Waals surface area contributed by atoms with Crippen molar-refractivity contribution < 1.29 is 0 Å². The highest BCUT2D eigenvalue weighted by molar-refractivity contribution is 14.1. The standard InChI is InChI=1S/C5H4INS/c6-4-2-1-3-5(8)7-4/h1-3H,(H,7,8). The molecule has 0 amide bonds. The maximum Gasteiger partial charge on any atom is 0.103 e. The lowest BCUT2D eigenvalue weighted by Crippen LogP contribution is -1.75. The Kier molecular flexibility index (Phi) is 2.01. The average molecular weight is 237 g/mol. The van der Waals surface area contributed by atoms with E-state index in [2.05, 4.69) is 27.6 Å². The second kappa shape index (κ2) is 2.59. The number of hydrogen-bond acceptors (Lipinski definition) is 1. The van der Waals surface area contributed by atoms with Crippen LogP contribution in [0.25, 0.3) is 0 Å². The van der Waals surface area contributed by atoms with Crippen molar-refractivity contribution in [3.05, 3.63) is 26.5 Å². The summed E-state index contributed by atoms with van der Waals surface area (Å²) in [6.07, 6.45) is 0. The lowest BCUT2D eigenvalue weighted by atomic mass is 10.5. The van der Waals surface area contributed by atoms with Crippen LogP contribution in [0.5, 0.6) is 0 Å². The SMILES string of the molecule is S=c1cccc(I)[nH]1. The zero-order valence-electron chi connectivity index (χ0n) is 4.02. The van der Waals surface area contributed by atoms with E-state index in [9.17, 15) is 0 Å². The summed E-state index contributed by atoms with van der Waals surface area (Å²) in [5.74, 6) is 0. The maximum absolute atomic E-state index is 4.84. The molecule has 0 aromatic carbocycles. The van der Waals surface area contributed by atoms with Crippen LogP contribution in [0.15, 0.2) is 18.2 Å². The summed E-state index contributed by atoms with van der Waals surface area (Å²) in [5.41, 5.74) is 0. The molecule has 1 rings (SSSR count). The molecule has 0 unspecified atom stereocenters. The Bertz CT molecular complexity index is 230. The molecule has 3 heteroatoms. The molecule has 0 radical (unpaired) electrons. The van der Waals surface area contributed by atoms with Gasteiger partial charge in [0.05, 0.1) is 3.70 Å². The number of aromatic amines is 1. The van der Waals surface area contributed by atoms with Gasteiger partial charge in [-0.15, -0.1) is 0 Å². The quantitative estimate of drug-likeness (QED) is 0.416. The Labute approximate surface area is 66.3 Å². The highest BCUT2D eigenvalue weighted by atomic mass is 127. The molecule has 0 saturated carbocycles. The summed E-state index contributed by atoms with van der Waals surface area (Å²) in [7, 11) is 0. The molecular formula is C5H4INS. The molecule has 8 heavy (non-hydrogen) atoms. The fourth-order valence-electron chi connectivity index (χ4n) is 0.421. The molecule has 1 N–H and O–H groups in total. The Morgan fingerprint density at radius 3 is 2.62 bits per heavy atom. The molecular weight excluding hydrogens is 233 g/mol. The van der Waals surface area contributed by atoms with Gasteiger partial charge in [-0.2, -0.15) is 0 Å². The number of H-pyrrole nitrogens is 1. The van der Waals surface area contributed by atoms with Crippen molar-refractivity contribution in [2.75, 3.05) is 0 Å². The van der Waals surface area contributed by atoms with Crippen molar-refractivity contribution >= 4 is 34.8 Å². The smallest absolute Gasteiger partial charge is 0.103 e. The molecule has 0 aliphatic carbocycles. The fraction of sp³-hybridized carbons (Fsp3) is 0. The van der Waals surface area contributed by atoms with Crippen molar-refractivity contribution in [1.82, 2.24) is 4.98 Å². The van der Waals surface area contributed by atoms with Crippen LogP contribution in [0.1, 0.15) is 0 Å². The predicted octanol–water partition coefficient (Wildman–Crippen LogP) is 2.35. The lowest BCUT2D eigenvalue weighted by molar-refractivity contribution is 1.25. The van der Waals surface area contributed by atoms with Gasteiger partial charge in [-0.25, -0.2) is 0 Å². The van der Waals surface area contributed by atoms with Crippen LogP contribution in [-0.4, -0.2) is 4.98 Å². The Balaban J connectivity index is 3.28. The van der Waals surface area contributed by atoms with Gasteiger partial charge in [0.25, 0.3) is 0 Å². The molecule has 1 aromatic rings. The minimum absolute atomic E-state index is 0.789. The van der Waals surface area contributed by atoms with E-state index in [0.29, 0.717) is 0 Å². The Hall–Kier alpha value is 0.1000. The lowest BCUT2D eigenvalue weighted by Gasteiger charge is -1.85. The van der Waals surface area contributed by atoms with Crippen LogP contribution in [0.2, 0.25) is 0 Å². The van der Waals surface area contributed by atoms with Crippen molar-refractivity contribution in [1.29, 1.82) is 0 Å². The molecule has 0 aliphatic rings. The van der Waals surface area contributed by atoms with Crippen molar-refractivity contribution in [2.45, 2.75) is 0 Å². The Morgan fingerprint density at radius 1 is 1.50 bits per heavy atom. The van der Waals surface area contributed by atoms with Crippen molar-refractivity contribution in [2.24, 2.45) is 0 Å². The van der Waals surface area contributed by atoms with Crippen LogP contribution >= 0.6 is 34.8 Å². The van der Waals surface area contributed by atoms with Gasteiger partial charge in [-0.1, -0.05) is 18.3 Å². The number of nitrogens with one attached hydrogen (secondary N) is 1. The fourth-order valence-corrected chi connectivity index (χ4v) is 1.29. The normalized spacial score (nSPS) is 9.12. The largest absolute Gasteiger partial charge is 0.342 e. The van der Waals surface area contributed by atoms with E-state index in [1.165, 1.54) is 0 Å². The van der Waals surface area contributed by atoms with Gasteiger partial charge < -0.3 is 4.98 Å². The van der Waals surface area contributed by atoms with Crippen molar-refractivity contribution in [3.63, 3.8) is 0 Å². The summed E-state index contributed by atoms with van der Waals surface area (Å²) in [6.45, 7) is 0. The van der Waals surface area contributed by atoms with Crippen LogP contribution in [0, 0.1) is 8.34 Å². The van der Waals surface area contributed by atoms with Crippen LogP contribution in [0.3, 0.4) is 0 Å². The molecule has 0 aliphatic heterocycles. The first-order valence-electron chi connectivity index (χ1n) is 2.14. The third kappa shape index (κ3) is 1.56. The zero-order chi connectivity index (χ0) is 5.98. The van der Waals surface area contributed by atoms with E-state index in [4.69, 9.17) is 12.2 Å². The molecule has 42 valence electrons. The molecule has 0 atom stereocenters. The third-order valence-electron chi connectivity index (χ3n) is 0.733. The van der Waals surface area contributed by atoms with Gasteiger partial charge in [-0.05, 0) is 34.7 Å². The predicted molar refractivity (Wildman–Crippen MR) is 44.3 cm³/mol. The monoisotopic (exact) mass is 237 g/mol. The molecule has 1 aromatic heterocycles. The number of rotatable bonds is 0. The minimum atomic E-state index is 0.789. The van der Waals surface area contributed by atoms with Gasteiger partial charge in [0.1, 0.15) is 4.64 Å². The molecule has 0 bridgehead atoms. The summed E-state index contributed by atoms with van der Waals surface area (Å²) in [5, 5.41) is 0. The number of hydrogen-bond donors (Lipinski definition) is 1. The highest BCUT2D eigenvalue weighted by Crippen LogP contribution is 1.97. The summed E-state index contributed by atoms with van der Waals surface area (Å²) >= 11 is 7.02. The number of pyridine rings is 1. The number of aromatic nitrogens is 1. The molecule has 0 saturated heterocycles. The second-order valence-electron chi connectivity index (χ2n) is 1.36. The van der Waals surface area contributed by atoms with Crippen LogP contribution in [-0.2, 0) is 0 Å². The maximum atomic E-state index is 4.84. The topological polar surface area (TPSA) is 15.8 Å². The van der Waals surface area contributed by atoms with Gasteiger partial charge in [-0.3, -0.25) is 0 Å². The average Bonchev–Trinajstić information content (AvgIpc) is 1.64. The van der Waals surface area contributed by atoms with E-state index in [1.807, 2.05) is 18.2 Å². The second-order valence-corrected chi connectivity index (χ2v) is 2.96. The summed E-state index contributed by atoms with van der Waals surface area (Å²) in [4.78, 5) is 2.97. The van der Waals surface area contributed by atoms with Crippen LogP contribution in [0.4, 0.5) is 0 Å². The van der Waals surface area contributed by atoms with E-state index >= 15 is 0 Å². The van der Waals surface area contributed by atoms with Gasteiger partial charge in [0.2, 0.25) is 0 Å². The molecule has 1 nitrogen and oxygen atoms in total. The highest BCUT2D eigenvalue weighted by Gasteiger charge is 1.78. The first kappa shape index (κ1) is 6.22. The Morgan fingerprint density at radius 2 is 2.25 bits per heavy atom. The van der Waals surface area contributed by atoms with E-state index in [1.54, 1.807) is 0 Å². The van der Waals surface area contributed by atoms with E-state index in [0.717, 1.165) is 8.34 Å². The third-order valence-corrected chi connectivity index (χ3v) is 1.60. The number of halogens is 1. The van der Waals surface area contributed by atoms with Gasteiger partial charge >= 0.3 is 0 Å². The first-order chi connectivity index (χ1) is 3.79. The van der Waals surface area contributed by atoms with Crippen molar-refractivity contribution in [3.8, 4) is 0 Å². The first-order valence-corrected chi connectivity index (χ1v) is 3.62. The van der Waals surface area contributed by atoms with Crippen LogP contribution < -0.4 is 0 Å². The van der Waals surface area contributed by atoms with E-state index < -0.39 is 0 Å². The molecule has 0 fully saturated rings. The molecule has 0 spiro atoms. The minimum Gasteiger partial charge on any atom is -0.342 e. The summed E-state index contributed by atoms with van der Waals surface area (Å²) in [6, 6.07) is 5.76. The van der Waals surface area contributed by atoms with Gasteiger partial charge in [0, 0.05) is 0 Å². The zero-order valence-corrected chi connectivity index (χ0v) is 6.99.